The summed E-state index contributed by atoms with van der Waals surface area (Å²) in [6.45, 7) is 2.22. The highest BCUT2D eigenvalue weighted by Gasteiger charge is 2.38. The lowest BCUT2D eigenvalue weighted by Crippen LogP contribution is -2.35. The molecule has 2 nitrogen and oxygen atoms in total. The Hall–Kier alpha value is -3.78. The van der Waals surface area contributed by atoms with Crippen molar-refractivity contribution in [1.29, 1.82) is 0 Å². The quantitative estimate of drug-likeness (QED) is 0.287. The molecule has 0 saturated carbocycles. The number of nitrogen functional groups attached to an aromatic ring is 1. The Labute approximate surface area is 189 Å². The smallest absolute Gasteiger partial charge is 0.160 e. The molecule has 0 heterocycles. The molecule has 0 spiro atoms. The van der Waals surface area contributed by atoms with Gasteiger partial charge >= 0.3 is 0 Å². The van der Waals surface area contributed by atoms with Gasteiger partial charge in [-0.25, -0.2) is 0 Å². The third kappa shape index (κ3) is 3.48. The third-order valence-electron chi connectivity index (χ3n) is 6.22. The number of hydrogen-bond donors (Lipinski definition) is 1. The van der Waals surface area contributed by atoms with Crippen LogP contribution < -0.4 is 10.5 Å². The standard InChI is InChI=1S/C30H27NO/c1-2-21-30(32-25-19-17-24(31)18-20-25,28-15-7-11-22-9-3-5-13-26(22)28)29-16-8-12-23-10-4-6-14-27(23)29/h3-20H,2,21,31H2,1H3. The molecule has 0 atom stereocenters. The molecule has 0 amide bonds. The summed E-state index contributed by atoms with van der Waals surface area (Å²) in [5, 5.41) is 4.86. The Morgan fingerprint density at radius 3 is 1.66 bits per heavy atom. The van der Waals surface area contributed by atoms with E-state index in [0.29, 0.717) is 0 Å². The molecule has 0 aliphatic heterocycles. The molecule has 0 unspecified atom stereocenters. The van der Waals surface area contributed by atoms with E-state index < -0.39 is 5.60 Å². The van der Waals surface area contributed by atoms with Gasteiger partial charge in [0, 0.05) is 16.8 Å². The SMILES string of the molecule is CCCC(Oc1ccc(N)cc1)(c1cccc2ccccc12)c1cccc2ccccc12. The van der Waals surface area contributed by atoms with Crippen LogP contribution in [0.5, 0.6) is 5.75 Å². The van der Waals surface area contributed by atoms with Crippen LogP contribution in [0.4, 0.5) is 5.69 Å². The Bertz CT molecular complexity index is 1280. The first-order valence-electron chi connectivity index (χ1n) is 11.2. The van der Waals surface area contributed by atoms with Crippen molar-refractivity contribution in [3.63, 3.8) is 0 Å². The molecule has 0 aromatic heterocycles. The van der Waals surface area contributed by atoms with Gasteiger partial charge < -0.3 is 10.5 Å². The van der Waals surface area contributed by atoms with E-state index in [9.17, 15) is 0 Å². The van der Waals surface area contributed by atoms with Crippen molar-refractivity contribution in [3.8, 4) is 5.75 Å². The zero-order valence-corrected chi connectivity index (χ0v) is 18.3. The molecule has 0 radical (unpaired) electrons. The first kappa shape index (κ1) is 20.1. The van der Waals surface area contributed by atoms with Gasteiger partial charge in [0.2, 0.25) is 0 Å². The Morgan fingerprint density at radius 2 is 1.12 bits per heavy atom. The molecule has 0 bridgehead atoms. The predicted octanol–water partition coefficient (Wildman–Crippen LogP) is 7.70. The van der Waals surface area contributed by atoms with Crippen LogP contribution in [0.25, 0.3) is 21.5 Å². The molecular weight excluding hydrogens is 390 g/mol. The van der Waals surface area contributed by atoms with Crippen LogP contribution in [0.2, 0.25) is 0 Å². The van der Waals surface area contributed by atoms with E-state index >= 15 is 0 Å². The summed E-state index contributed by atoms with van der Waals surface area (Å²) in [6, 6.07) is 37.9. The molecule has 0 aliphatic rings. The number of rotatable bonds is 6. The lowest BCUT2D eigenvalue weighted by molar-refractivity contribution is 0.102. The van der Waals surface area contributed by atoms with E-state index in [1.807, 2.05) is 24.3 Å². The van der Waals surface area contributed by atoms with Crippen molar-refractivity contribution in [3.05, 3.63) is 120 Å². The van der Waals surface area contributed by atoms with Crippen LogP contribution in [-0.4, -0.2) is 0 Å². The first-order valence-corrected chi connectivity index (χ1v) is 11.2. The highest BCUT2D eigenvalue weighted by molar-refractivity contribution is 5.91. The summed E-state index contributed by atoms with van der Waals surface area (Å²) in [4.78, 5) is 0. The minimum Gasteiger partial charge on any atom is -0.478 e. The minimum absolute atomic E-state index is 0.646. The van der Waals surface area contributed by atoms with Gasteiger partial charge in [-0.1, -0.05) is 98.3 Å². The first-order chi connectivity index (χ1) is 15.7. The summed E-state index contributed by atoms with van der Waals surface area (Å²) in [5.74, 6) is 0.813. The largest absolute Gasteiger partial charge is 0.478 e. The lowest BCUT2D eigenvalue weighted by atomic mass is 9.78. The second-order valence-electron chi connectivity index (χ2n) is 8.30. The summed E-state index contributed by atoms with van der Waals surface area (Å²) >= 11 is 0. The molecule has 2 heteroatoms. The van der Waals surface area contributed by atoms with Crippen LogP contribution >= 0.6 is 0 Å². The normalized spacial score (nSPS) is 11.7. The average Bonchev–Trinajstić information content (AvgIpc) is 2.84. The summed E-state index contributed by atoms with van der Waals surface area (Å²) in [5.41, 5.74) is 8.42. The molecule has 5 aromatic rings. The van der Waals surface area contributed by atoms with Gasteiger partial charge in [0.1, 0.15) is 5.75 Å². The van der Waals surface area contributed by atoms with E-state index in [0.717, 1.165) is 24.3 Å². The highest BCUT2D eigenvalue weighted by atomic mass is 16.5. The van der Waals surface area contributed by atoms with Gasteiger partial charge in [-0.3, -0.25) is 0 Å². The Morgan fingerprint density at radius 1 is 0.625 bits per heavy atom. The maximum atomic E-state index is 7.03. The summed E-state index contributed by atoms with van der Waals surface area (Å²) in [6.07, 6.45) is 1.82. The second kappa shape index (κ2) is 8.39. The highest BCUT2D eigenvalue weighted by Crippen LogP contribution is 2.44. The molecule has 32 heavy (non-hydrogen) atoms. The number of benzene rings is 5. The van der Waals surface area contributed by atoms with Gasteiger partial charge in [0.05, 0.1) is 0 Å². The van der Waals surface area contributed by atoms with Crippen molar-refractivity contribution in [2.45, 2.75) is 25.4 Å². The summed E-state index contributed by atoms with van der Waals surface area (Å²) < 4.78 is 7.03. The molecule has 2 N–H and O–H groups in total. The molecular formula is C30H27NO. The maximum Gasteiger partial charge on any atom is 0.160 e. The van der Waals surface area contributed by atoms with Crippen molar-refractivity contribution >= 4 is 27.2 Å². The number of fused-ring (bicyclic) bond motifs is 2. The van der Waals surface area contributed by atoms with Crippen molar-refractivity contribution in [2.24, 2.45) is 0 Å². The van der Waals surface area contributed by atoms with E-state index in [4.69, 9.17) is 10.5 Å². The van der Waals surface area contributed by atoms with Crippen LogP contribution in [0.1, 0.15) is 30.9 Å². The van der Waals surface area contributed by atoms with Gasteiger partial charge in [0.25, 0.3) is 0 Å². The molecule has 0 fully saturated rings. The summed E-state index contributed by atoms with van der Waals surface area (Å²) in [7, 11) is 0. The molecule has 0 saturated heterocycles. The fourth-order valence-electron chi connectivity index (χ4n) is 4.82. The fraction of sp³-hybridized carbons (Fsp3) is 0.133. The number of anilines is 1. The molecule has 5 rings (SSSR count). The van der Waals surface area contributed by atoms with E-state index in [1.165, 1.54) is 32.7 Å². The van der Waals surface area contributed by atoms with Gasteiger partial charge in [0.15, 0.2) is 5.60 Å². The van der Waals surface area contributed by atoms with Crippen molar-refractivity contribution in [2.75, 3.05) is 5.73 Å². The van der Waals surface area contributed by atoms with Crippen LogP contribution in [0, 0.1) is 0 Å². The predicted molar refractivity (Wildman–Crippen MR) is 135 cm³/mol. The van der Waals surface area contributed by atoms with E-state index in [1.54, 1.807) is 0 Å². The topological polar surface area (TPSA) is 35.2 Å². The van der Waals surface area contributed by atoms with Gasteiger partial charge in [-0.15, -0.1) is 0 Å². The zero-order chi connectivity index (χ0) is 22.0. The fourth-order valence-corrected chi connectivity index (χ4v) is 4.82. The average molecular weight is 418 g/mol. The molecule has 5 aromatic carbocycles. The van der Waals surface area contributed by atoms with Crippen molar-refractivity contribution in [1.82, 2.24) is 0 Å². The van der Waals surface area contributed by atoms with Gasteiger partial charge in [-0.05, 0) is 52.2 Å². The third-order valence-corrected chi connectivity index (χ3v) is 6.22. The van der Waals surface area contributed by atoms with Crippen LogP contribution in [0.15, 0.2) is 109 Å². The Kier molecular flexibility index (Phi) is 5.28. The Balaban J connectivity index is 1.85. The van der Waals surface area contributed by atoms with E-state index in [-0.39, 0.29) is 0 Å². The number of hydrogen-bond acceptors (Lipinski definition) is 2. The number of nitrogens with two attached hydrogens (primary N) is 1. The van der Waals surface area contributed by atoms with E-state index in [2.05, 4.69) is 91.9 Å². The lowest BCUT2D eigenvalue weighted by Gasteiger charge is -2.37. The minimum atomic E-state index is -0.646. The van der Waals surface area contributed by atoms with Gasteiger partial charge in [-0.2, -0.15) is 0 Å². The molecule has 158 valence electrons. The molecule has 0 aliphatic carbocycles. The van der Waals surface area contributed by atoms with Crippen LogP contribution in [0.3, 0.4) is 0 Å². The van der Waals surface area contributed by atoms with Crippen molar-refractivity contribution < 1.29 is 4.74 Å². The number of ether oxygens (including phenoxy) is 1. The monoisotopic (exact) mass is 417 g/mol. The van der Waals surface area contributed by atoms with Crippen LogP contribution in [-0.2, 0) is 5.60 Å². The maximum absolute atomic E-state index is 7.03. The second-order valence-corrected chi connectivity index (χ2v) is 8.30. The zero-order valence-electron chi connectivity index (χ0n) is 18.3.